The van der Waals surface area contributed by atoms with Crippen LogP contribution in [0.25, 0.3) is 0 Å². The molecule has 0 fully saturated rings. The fourth-order valence-electron chi connectivity index (χ4n) is 3.10. The van der Waals surface area contributed by atoms with Crippen molar-refractivity contribution in [2.24, 2.45) is 0 Å². The van der Waals surface area contributed by atoms with Gasteiger partial charge in [0.15, 0.2) is 0 Å². The molecule has 0 aliphatic carbocycles. The average Bonchev–Trinajstić information content (AvgIpc) is 2.66. The molecule has 0 saturated carbocycles. The topological polar surface area (TPSA) is 37.3 Å². The minimum atomic E-state index is -0.789. The molecule has 0 spiro atoms. The Morgan fingerprint density at radius 3 is 1.44 bits per heavy atom. The molecule has 0 saturated heterocycles. The number of carboxylic acid groups (broad SMARTS) is 1. The van der Waals surface area contributed by atoms with Crippen molar-refractivity contribution < 1.29 is 9.90 Å². The molecule has 1 radical (unpaired) electrons. The number of aliphatic carboxylic acids is 1. The summed E-state index contributed by atoms with van der Waals surface area (Å²) in [4.78, 5) is 10.3. The van der Waals surface area contributed by atoms with Gasteiger partial charge in [0.25, 0.3) is 0 Å². The number of carbonyl (C=O) groups is 1. The van der Waals surface area contributed by atoms with Gasteiger partial charge in [-0.3, -0.25) is 4.79 Å². The monoisotopic (exact) mass is 577 g/mol. The van der Waals surface area contributed by atoms with E-state index in [9.17, 15) is 4.79 Å². The van der Waals surface area contributed by atoms with E-state index in [1.54, 1.807) is 11.9 Å². The van der Waals surface area contributed by atoms with Crippen LogP contribution in [-0.4, -0.2) is 33.8 Å². The summed E-state index contributed by atoms with van der Waals surface area (Å²) < 4.78 is 4.70. The molecule has 0 heterocycles. The zero-order chi connectivity index (χ0) is 20.6. The Morgan fingerprint density at radius 1 is 0.667 bits per heavy atom. The van der Waals surface area contributed by atoms with Gasteiger partial charge in [0.1, 0.15) is 0 Å². The van der Waals surface area contributed by atoms with Gasteiger partial charge < -0.3 is 5.11 Å². The van der Waals surface area contributed by atoms with Crippen molar-refractivity contribution in [3.63, 3.8) is 0 Å². The molecule has 3 heteroatoms. The molecule has 0 aromatic heterocycles. The number of rotatable bonds is 18. The molecule has 0 amide bonds. The maximum atomic E-state index is 10.3. The van der Waals surface area contributed by atoms with Crippen LogP contribution in [0.3, 0.4) is 0 Å². The van der Waals surface area contributed by atoms with E-state index in [-0.39, 0.29) is 0 Å². The SMILES string of the molecule is CCCCCCCCC=CCCCCCCCC(=O)O.C[CH2][Pb]([CH2]C)[CH2]C. The molecule has 0 aliphatic rings. The van der Waals surface area contributed by atoms with Crippen molar-refractivity contribution in [3.05, 3.63) is 12.2 Å². The van der Waals surface area contributed by atoms with Crippen LogP contribution in [0, 0.1) is 0 Å². The Morgan fingerprint density at radius 2 is 1.07 bits per heavy atom. The van der Waals surface area contributed by atoms with Gasteiger partial charge in [-0.25, -0.2) is 0 Å². The Bertz CT molecular complexity index is 306. The normalized spacial score (nSPS) is 11.0. The second-order valence-corrected chi connectivity index (χ2v) is 21.6. The van der Waals surface area contributed by atoms with Crippen LogP contribution in [-0.2, 0) is 4.79 Å². The first kappa shape index (κ1) is 29.3. The number of hydrogen-bond donors (Lipinski definition) is 1. The standard InChI is InChI=1S/C18H34O2.3C2H5.Pb/c1-2-3-4-5-6-7-8-9-10-11-12-13-14-15-16-17-18(19)20;3*1-2;/h9-10H,2-8,11-17H2,1H3,(H,19,20);3*1H2,2H3;. The molecule has 161 valence electrons. The van der Waals surface area contributed by atoms with Crippen molar-refractivity contribution in [1.29, 1.82) is 0 Å². The number of hydrogen-bond acceptors (Lipinski definition) is 1. The van der Waals surface area contributed by atoms with E-state index >= 15 is 0 Å². The molecule has 0 aliphatic heterocycles. The second-order valence-electron chi connectivity index (χ2n) is 7.54. The summed E-state index contributed by atoms with van der Waals surface area (Å²) in [7, 11) is 0. The van der Waals surface area contributed by atoms with E-state index in [0.29, 0.717) is 6.42 Å². The fourth-order valence-corrected chi connectivity index (χ4v) is 8.93. The molecule has 0 bridgehead atoms. The molecular formula is C24H49O2Pb. The van der Waals surface area contributed by atoms with Crippen molar-refractivity contribution in [1.82, 2.24) is 0 Å². The fraction of sp³-hybridized carbons (Fsp3) is 0.875. The van der Waals surface area contributed by atoms with Gasteiger partial charge in [-0.05, 0) is 32.1 Å². The molecule has 2 nitrogen and oxygen atoms in total. The van der Waals surface area contributed by atoms with E-state index < -0.39 is 28.7 Å². The van der Waals surface area contributed by atoms with Crippen molar-refractivity contribution in [3.8, 4) is 0 Å². The summed E-state index contributed by atoms with van der Waals surface area (Å²) in [6.45, 7) is 9.33. The average molecular weight is 577 g/mol. The molecule has 27 heavy (non-hydrogen) atoms. The van der Waals surface area contributed by atoms with Crippen LogP contribution < -0.4 is 0 Å². The molecule has 0 aromatic rings. The second kappa shape index (κ2) is 26.1. The Labute approximate surface area is 179 Å². The number of allylic oxidation sites excluding steroid dienone is 2. The Hall–Kier alpha value is 0.132. The molecule has 0 aromatic carbocycles. The predicted octanol–water partition coefficient (Wildman–Crippen LogP) is 8.65. The van der Waals surface area contributed by atoms with E-state index in [0.717, 1.165) is 12.8 Å². The van der Waals surface area contributed by atoms with Gasteiger partial charge in [-0.15, -0.1) is 0 Å². The van der Waals surface area contributed by atoms with Gasteiger partial charge >= 0.3 is 61.4 Å². The summed E-state index contributed by atoms with van der Waals surface area (Å²) in [6.07, 6.45) is 21.2. The zero-order valence-corrected chi connectivity index (χ0v) is 22.9. The quantitative estimate of drug-likeness (QED) is 0.101. The van der Waals surface area contributed by atoms with E-state index in [2.05, 4.69) is 39.8 Å². The van der Waals surface area contributed by atoms with Crippen LogP contribution in [0.1, 0.15) is 118 Å². The van der Waals surface area contributed by atoms with Gasteiger partial charge in [-0.2, -0.15) is 0 Å². The van der Waals surface area contributed by atoms with Gasteiger partial charge in [0.05, 0.1) is 0 Å². The first-order valence-electron chi connectivity index (χ1n) is 11.8. The maximum absolute atomic E-state index is 10.3. The number of unbranched alkanes of at least 4 members (excludes halogenated alkanes) is 11. The minimum absolute atomic E-state index is 0.332. The van der Waals surface area contributed by atoms with Gasteiger partial charge in [0.2, 0.25) is 0 Å². The molecule has 0 atom stereocenters. The van der Waals surface area contributed by atoms with Crippen LogP contribution in [0.15, 0.2) is 12.2 Å². The van der Waals surface area contributed by atoms with Crippen LogP contribution in [0.5, 0.6) is 0 Å². The van der Waals surface area contributed by atoms with Gasteiger partial charge in [-0.1, -0.05) is 70.4 Å². The third-order valence-electron chi connectivity index (χ3n) is 5.15. The first-order valence-corrected chi connectivity index (χ1v) is 20.1. The van der Waals surface area contributed by atoms with Crippen molar-refractivity contribution in [2.75, 3.05) is 0 Å². The van der Waals surface area contributed by atoms with Crippen molar-refractivity contribution >= 4 is 28.7 Å². The zero-order valence-electron chi connectivity index (χ0n) is 19.0. The summed E-state index contributed by atoms with van der Waals surface area (Å²) in [6, 6.07) is 0. The van der Waals surface area contributed by atoms with Crippen molar-refractivity contribution in [2.45, 2.75) is 130 Å². The van der Waals surface area contributed by atoms with Crippen LogP contribution >= 0.6 is 0 Å². The van der Waals surface area contributed by atoms with E-state index in [1.807, 2.05) is 0 Å². The first-order chi connectivity index (χ1) is 13.1. The molecule has 0 rings (SSSR count). The molecule has 1 N–H and O–H groups in total. The van der Waals surface area contributed by atoms with Crippen LogP contribution in [0.4, 0.5) is 0 Å². The third-order valence-corrected chi connectivity index (χ3v) is 16.8. The summed E-state index contributed by atoms with van der Waals surface area (Å²) in [5.41, 5.74) is 0. The third kappa shape index (κ3) is 28.4. The Balaban J connectivity index is 0. The Kier molecular flexibility index (Phi) is 28.4. The molecular weight excluding hydrogens is 527 g/mol. The van der Waals surface area contributed by atoms with E-state index in [4.69, 9.17) is 5.11 Å². The summed E-state index contributed by atoms with van der Waals surface area (Å²) >= 11 is -0.789. The molecule has 0 unspecified atom stereocenters. The summed E-state index contributed by atoms with van der Waals surface area (Å²) in [5.74, 6) is -0.664. The van der Waals surface area contributed by atoms with Gasteiger partial charge in [0, 0.05) is 6.42 Å². The van der Waals surface area contributed by atoms with E-state index in [1.165, 1.54) is 70.6 Å². The van der Waals surface area contributed by atoms with Crippen LogP contribution in [0.2, 0.25) is 11.9 Å². The predicted molar refractivity (Wildman–Crippen MR) is 124 cm³/mol. The number of carboxylic acids is 1. The summed E-state index contributed by atoms with van der Waals surface area (Å²) in [5, 5.41) is 8.51.